The van der Waals surface area contributed by atoms with E-state index >= 15 is 0 Å². The number of amides is 1. The number of nitrogens with zero attached hydrogens (tertiary/aromatic N) is 2. The van der Waals surface area contributed by atoms with Crippen LogP contribution in [0.2, 0.25) is 0 Å². The molecule has 0 atom stereocenters. The quantitative estimate of drug-likeness (QED) is 0.548. The third kappa shape index (κ3) is 6.73. The van der Waals surface area contributed by atoms with E-state index in [-0.39, 0.29) is 36.3 Å². The van der Waals surface area contributed by atoms with Crippen LogP contribution in [-0.2, 0) is 17.8 Å². The summed E-state index contributed by atoms with van der Waals surface area (Å²) in [5.74, 6) is 0.626. The molecule has 1 aromatic heterocycles. The molecule has 0 aliphatic heterocycles. The first-order chi connectivity index (χ1) is 14.8. The highest BCUT2D eigenvalue weighted by Gasteiger charge is 2.29. The van der Waals surface area contributed by atoms with Gasteiger partial charge in [0.05, 0.1) is 13.7 Å². The Hall–Kier alpha value is -3.56. The third-order valence-electron chi connectivity index (χ3n) is 4.20. The zero-order chi connectivity index (χ0) is 22.3. The van der Waals surface area contributed by atoms with Crippen LogP contribution in [0.25, 0.3) is 11.4 Å². The van der Waals surface area contributed by atoms with Gasteiger partial charge in [-0.25, -0.2) is 0 Å². The van der Waals surface area contributed by atoms with E-state index in [9.17, 15) is 18.0 Å². The Morgan fingerprint density at radius 3 is 2.61 bits per heavy atom. The molecule has 1 heterocycles. The number of carbonyl (C=O) groups is 1. The highest BCUT2D eigenvalue weighted by molar-refractivity contribution is 5.76. The topological polar surface area (TPSA) is 86.5 Å². The van der Waals surface area contributed by atoms with Gasteiger partial charge >= 0.3 is 6.18 Å². The minimum absolute atomic E-state index is 0.0151. The number of methoxy groups -OCH3 is 1. The van der Waals surface area contributed by atoms with Crippen LogP contribution in [0.15, 0.2) is 53.1 Å². The second-order valence-corrected chi connectivity index (χ2v) is 6.54. The molecule has 0 spiro atoms. The fourth-order valence-corrected chi connectivity index (χ4v) is 2.70. The van der Waals surface area contributed by atoms with Crippen molar-refractivity contribution < 1.29 is 32.0 Å². The first-order valence-corrected chi connectivity index (χ1v) is 9.35. The van der Waals surface area contributed by atoms with Crippen molar-refractivity contribution in [2.24, 2.45) is 0 Å². The number of ether oxygens (including phenoxy) is 2. The van der Waals surface area contributed by atoms with Crippen molar-refractivity contribution in [2.75, 3.05) is 13.7 Å². The van der Waals surface area contributed by atoms with Crippen LogP contribution in [0.1, 0.15) is 17.9 Å². The van der Waals surface area contributed by atoms with Gasteiger partial charge in [0.25, 0.3) is 0 Å². The number of alkyl halides is 3. The average Bonchev–Trinajstić information content (AvgIpc) is 3.24. The zero-order valence-corrected chi connectivity index (χ0v) is 16.6. The number of aryl methyl sites for hydroxylation is 1. The highest BCUT2D eigenvalue weighted by atomic mass is 19.4. The number of halogens is 3. The smallest absolute Gasteiger partial charge is 0.422 e. The van der Waals surface area contributed by atoms with Gasteiger partial charge in [0, 0.05) is 12.0 Å². The first-order valence-electron chi connectivity index (χ1n) is 9.35. The summed E-state index contributed by atoms with van der Waals surface area (Å²) in [4.78, 5) is 16.4. The van der Waals surface area contributed by atoms with Crippen molar-refractivity contribution in [2.45, 2.75) is 25.6 Å². The Morgan fingerprint density at radius 1 is 1.13 bits per heavy atom. The van der Waals surface area contributed by atoms with Crippen LogP contribution < -0.4 is 14.8 Å². The van der Waals surface area contributed by atoms with Gasteiger partial charge in [0.1, 0.15) is 0 Å². The second-order valence-electron chi connectivity index (χ2n) is 6.54. The molecule has 2 aromatic carbocycles. The third-order valence-corrected chi connectivity index (χ3v) is 4.20. The number of carbonyl (C=O) groups excluding carboxylic acids is 1. The normalized spacial score (nSPS) is 11.2. The molecule has 0 aliphatic carbocycles. The molecule has 1 amide bonds. The molecule has 3 aromatic rings. The molecule has 164 valence electrons. The lowest BCUT2D eigenvalue weighted by Gasteiger charge is -2.13. The van der Waals surface area contributed by atoms with Crippen LogP contribution in [0.4, 0.5) is 13.2 Å². The predicted molar refractivity (Wildman–Crippen MR) is 104 cm³/mol. The highest BCUT2D eigenvalue weighted by Crippen LogP contribution is 2.30. The maximum Gasteiger partial charge on any atom is 0.422 e. The maximum absolute atomic E-state index is 12.3. The van der Waals surface area contributed by atoms with E-state index in [2.05, 4.69) is 15.5 Å². The minimum atomic E-state index is -4.44. The fourth-order valence-electron chi connectivity index (χ4n) is 2.70. The van der Waals surface area contributed by atoms with E-state index in [0.717, 1.165) is 11.1 Å². The van der Waals surface area contributed by atoms with E-state index in [1.807, 2.05) is 30.3 Å². The van der Waals surface area contributed by atoms with E-state index in [1.54, 1.807) is 12.1 Å². The first kappa shape index (κ1) is 22.1. The lowest BCUT2D eigenvalue weighted by Crippen LogP contribution is -2.23. The Bertz CT molecular complexity index is 1010. The lowest BCUT2D eigenvalue weighted by atomic mass is 10.1. The van der Waals surface area contributed by atoms with Crippen molar-refractivity contribution in [3.05, 3.63) is 60.0 Å². The monoisotopic (exact) mass is 435 g/mol. The number of rotatable bonds is 9. The number of nitrogens with one attached hydrogen (secondary N) is 1. The molecule has 0 bridgehead atoms. The lowest BCUT2D eigenvalue weighted by molar-refractivity contribution is -0.153. The largest absolute Gasteiger partial charge is 0.493 e. The van der Waals surface area contributed by atoms with Crippen LogP contribution in [-0.4, -0.2) is 35.9 Å². The Labute approximate surface area is 176 Å². The van der Waals surface area contributed by atoms with Crippen molar-refractivity contribution in [1.82, 2.24) is 15.5 Å². The average molecular weight is 435 g/mol. The van der Waals surface area contributed by atoms with Gasteiger partial charge in [-0.15, -0.1) is 0 Å². The summed E-state index contributed by atoms with van der Waals surface area (Å²) in [5, 5.41) is 6.58. The molecular weight excluding hydrogens is 415 g/mol. The molecule has 10 heteroatoms. The van der Waals surface area contributed by atoms with E-state index in [1.165, 1.54) is 13.2 Å². The van der Waals surface area contributed by atoms with Gasteiger partial charge in [-0.05, 0) is 24.1 Å². The number of hydrogen-bond acceptors (Lipinski definition) is 6. The van der Waals surface area contributed by atoms with Gasteiger partial charge in [0.2, 0.25) is 17.6 Å². The van der Waals surface area contributed by atoms with Crippen molar-refractivity contribution in [1.29, 1.82) is 0 Å². The predicted octanol–water partition coefficient (Wildman–Crippen LogP) is 3.94. The minimum Gasteiger partial charge on any atom is -0.493 e. The molecule has 31 heavy (non-hydrogen) atoms. The van der Waals surface area contributed by atoms with Crippen LogP contribution in [0, 0.1) is 0 Å². The molecule has 0 unspecified atom stereocenters. The molecule has 0 aliphatic rings. The fraction of sp³-hybridized carbons (Fsp3) is 0.286. The Kier molecular flexibility index (Phi) is 7.11. The second kappa shape index (κ2) is 9.96. The van der Waals surface area contributed by atoms with Crippen LogP contribution in [0.3, 0.4) is 0 Å². The van der Waals surface area contributed by atoms with Gasteiger partial charge < -0.3 is 19.3 Å². The molecule has 0 radical (unpaired) electrons. The summed E-state index contributed by atoms with van der Waals surface area (Å²) in [6, 6.07) is 13.8. The SMILES string of the molecule is COc1cc(CCC(=O)NCc2nc(-c3ccccc3)no2)ccc1OCC(F)(F)F. The molecule has 0 fully saturated rings. The molecule has 0 saturated carbocycles. The molecule has 7 nitrogen and oxygen atoms in total. The number of aromatic nitrogens is 2. The van der Waals surface area contributed by atoms with Crippen LogP contribution in [0.5, 0.6) is 11.5 Å². The number of benzene rings is 2. The van der Waals surface area contributed by atoms with E-state index < -0.39 is 12.8 Å². The molecular formula is C21H20F3N3O4. The summed E-state index contributed by atoms with van der Waals surface area (Å²) in [5.41, 5.74) is 1.52. The van der Waals surface area contributed by atoms with Crippen molar-refractivity contribution >= 4 is 5.91 Å². The van der Waals surface area contributed by atoms with E-state index in [4.69, 9.17) is 14.0 Å². The standard InChI is InChI=1S/C21H20F3N3O4/c1-29-17-11-14(7-9-16(17)30-13-21(22,23)24)8-10-18(28)25-12-19-26-20(27-31-19)15-5-3-2-4-6-15/h2-7,9,11H,8,10,12-13H2,1H3,(H,25,28). The van der Waals surface area contributed by atoms with Crippen molar-refractivity contribution in [3.63, 3.8) is 0 Å². The Balaban J connectivity index is 1.49. The molecule has 1 N–H and O–H groups in total. The van der Waals surface area contributed by atoms with Gasteiger partial charge in [0.15, 0.2) is 18.1 Å². The van der Waals surface area contributed by atoms with E-state index in [0.29, 0.717) is 12.2 Å². The zero-order valence-electron chi connectivity index (χ0n) is 16.6. The molecule has 0 saturated heterocycles. The number of hydrogen-bond donors (Lipinski definition) is 1. The summed E-state index contributed by atoms with van der Waals surface area (Å²) in [6.07, 6.45) is -3.92. The Morgan fingerprint density at radius 2 is 1.90 bits per heavy atom. The summed E-state index contributed by atoms with van der Waals surface area (Å²) >= 11 is 0. The van der Waals surface area contributed by atoms with Crippen molar-refractivity contribution in [3.8, 4) is 22.9 Å². The van der Waals surface area contributed by atoms with Crippen LogP contribution >= 0.6 is 0 Å². The van der Waals surface area contributed by atoms with Gasteiger partial charge in [-0.1, -0.05) is 41.6 Å². The molecule has 3 rings (SSSR count). The maximum atomic E-state index is 12.3. The summed E-state index contributed by atoms with van der Waals surface area (Å²) in [6.45, 7) is -1.32. The van der Waals surface area contributed by atoms with Gasteiger partial charge in [-0.2, -0.15) is 18.2 Å². The summed E-state index contributed by atoms with van der Waals surface area (Å²) < 4.78 is 51.9. The summed E-state index contributed by atoms with van der Waals surface area (Å²) in [7, 11) is 1.33. The van der Waals surface area contributed by atoms with Gasteiger partial charge in [-0.3, -0.25) is 4.79 Å².